The summed E-state index contributed by atoms with van der Waals surface area (Å²) in [5.41, 5.74) is 1.36. The fraction of sp³-hybridized carbons (Fsp3) is 0.217. The third kappa shape index (κ3) is 4.31. The molecule has 8 heteroatoms. The van der Waals surface area contributed by atoms with Crippen LogP contribution in [0.5, 0.6) is 0 Å². The Morgan fingerprint density at radius 1 is 1.29 bits per heavy atom. The predicted molar refractivity (Wildman–Crippen MR) is 118 cm³/mol. The van der Waals surface area contributed by atoms with E-state index in [-0.39, 0.29) is 24.3 Å². The summed E-state index contributed by atoms with van der Waals surface area (Å²) < 4.78 is 0.507. The summed E-state index contributed by atoms with van der Waals surface area (Å²) in [5, 5.41) is 11.9. The molecule has 156 valence electrons. The maximum absolute atomic E-state index is 13.0. The van der Waals surface area contributed by atoms with Crippen molar-refractivity contribution in [2.24, 2.45) is 11.8 Å². The van der Waals surface area contributed by atoms with Crippen molar-refractivity contribution < 1.29 is 14.4 Å². The molecule has 2 aromatic rings. The van der Waals surface area contributed by atoms with Gasteiger partial charge in [-0.1, -0.05) is 48.0 Å². The van der Waals surface area contributed by atoms with Gasteiger partial charge in [0.25, 0.3) is 5.91 Å². The number of allylic oxidation sites excluding steroid dienone is 1. The Morgan fingerprint density at radius 3 is 2.87 bits per heavy atom. The number of hydrogen-bond donors (Lipinski definition) is 1. The molecular formula is C23H18ClN3O3S. The van der Waals surface area contributed by atoms with Gasteiger partial charge in [-0.3, -0.25) is 19.3 Å². The molecule has 1 aliphatic heterocycles. The van der Waals surface area contributed by atoms with Crippen molar-refractivity contribution in [1.29, 1.82) is 5.26 Å². The number of nitrogens with one attached hydrogen (secondary N) is 1. The Labute approximate surface area is 188 Å². The van der Waals surface area contributed by atoms with Crippen molar-refractivity contribution in [3.63, 3.8) is 0 Å². The lowest BCUT2D eigenvalue weighted by atomic mass is 9.81. The van der Waals surface area contributed by atoms with Crippen LogP contribution in [0.15, 0.2) is 54.6 Å². The maximum Gasteiger partial charge on any atom is 0.261 e. The number of imide groups is 1. The van der Waals surface area contributed by atoms with Crippen LogP contribution in [-0.4, -0.2) is 35.2 Å². The first-order valence-electron chi connectivity index (χ1n) is 9.72. The maximum atomic E-state index is 13.0. The lowest BCUT2D eigenvalue weighted by Crippen LogP contribution is -2.45. The first kappa shape index (κ1) is 21.0. The van der Waals surface area contributed by atoms with Gasteiger partial charge >= 0.3 is 0 Å². The third-order valence-corrected chi connectivity index (χ3v) is 6.63. The Kier molecular flexibility index (Phi) is 6.03. The molecule has 1 saturated heterocycles. The normalized spacial score (nSPS) is 22.6. The monoisotopic (exact) mass is 451 g/mol. The molecule has 3 atom stereocenters. The van der Waals surface area contributed by atoms with E-state index < -0.39 is 17.9 Å². The number of likely N-dealkylation sites (tertiary alicyclic amines) is 1. The molecule has 4 rings (SSSR count). The molecule has 1 N–H and O–H groups in total. The fourth-order valence-electron chi connectivity index (χ4n) is 3.94. The van der Waals surface area contributed by atoms with Crippen LogP contribution in [0.4, 0.5) is 0 Å². The Hall–Kier alpha value is -3.21. The molecule has 6 nitrogen and oxygen atoms in total. The molecule has 0 saturated carbocycles. The molecule has 1 aromatic carbocycles. The zero-order valence-electron chi connectivity index (χ0n) is 16.3. The average Bonchev–Trinajstić information content (AvgIpc) is 3.31. The van der Waals surface area contributed by atoms with E-state index in [0.717, 1.165) is 16.9 Å². The molecule has 0 spiro atoms. The number of benzene rings is 1. The number of carbonyl (C=O) groups excluding carboxylic acids is 3. The second-order valence-electron chi connectivity index (χ2n) is 7.33. The smallest absolute Gasteiger partial charge is 0.261 e. The highest BCUT2D eigenvalue weighted by Crippen LogP contribution is 2.35. The summed E-state index contributed by atoms with van der Waals surface area (Å²) in [6, 6.07) is 11.9. The highest BCUT2D eigenvalue weighted by molar-refractivity contribution is 7.18. The fourth-order valence-corrected chi connectivity index (χ4v) is 4.89. The summed E-state index contributed by atoms with van der Waals surface area (Å²) in [4.78, 5) is 40.1. The summed E-state index contributed by atoms with van der Waals surface area (Å²) in [6.07, 6.45) is 7.61. The molecule has 1 aliphatic carbocycles. The highest BCUT2D eigenvalue weighted by Gasteiger charge is 2.51. The van der Waals surface area contributed by atoms with Gasteiger partial charge in [0, 0.05) is 6.54 Å². The van der Waals surface area contributed by atoms with E-state index in [1.165, 1.54) is 4.90 Å². The van der Waals surface area contributed by atoms with Crippen LogP contribution < -0.4 is 5.32 Å². The van der Waals surface area contributed by atoms with Gasteiger partial charge in [-0.15, -0.1) is 11.3 Å². The first-order chi connectivity index (χ1) is 15.0. The molecule has 0 bridgehead atoms. The number of fused-ring (bicyclic) bond motifs is 1. The standard InChI is InChI=1S/C23H18ClN3O3S/c24-19-10-9-18(31-19)21(28)26-17-8-2-7-16-20(17)23(30)27(22(16)29)11-3-6-14-4-1-5-15(12-14)13-25/h1-6,8-10,12,16-17,20H,7,11H2,(H,26,28)/b6-3+. The summed E-state index contributed by atoms with van der Waals surface area (Å²) in [6.45, 7) is 0.142. The van der Waals surface area contributed by atoms with Gasteiger partial charge in [0.15, 0.2) is 0 Å². The average molecular weight is 452 g/mol. The molecule has 1 aromatic heterocycles. The van der Waals surface area contributed by atoms with Gasteiger partial charge in [0.05, 0.1) is 38.7 Å². The van der Waals surface area contributed by atoms with Crippen LogP contribution in [0, 0.1) is 23.2 Å². The molecular weight excluding hydrogens is 434 g/mol. The third-order valence-electron chi connectivity index (χ3n) is 5.40. The molecule has 2 heterocycles. The Bertz CT molecular complexity index is 1150. The summed E-state index contributed by atoms with van der Waals surface area (Å²) in [5.74, 6) is -1.93. The number of thiophene rings is 1. The van der Waals surface area contributed by atoms with E-state index in [1.807, 2.05) is 12.1 Å². The van der Waals surface area contributed by atoms with Crippen molar-refractivity contribution in [1.82, 2.24) is 10.2 Å². The summed E-state index contributed by atoms with van der Waals surface area (Å²) in [7, 11) is 0. The lowest BCUT2D eigenvalue weighted by molar-refractivity contribution is -0.139. The van der Waals surface area contributed by atoms with Crippen molar-refractivity contribution in [3.05, 3.63) is 75.0 Å². The zero-order chi connectivity index (χ0) is 22.0. The van der Waals surface area contributed by atoms with Crippen LogP contribution >= 0.6 is 22.9 Å². The molecule has 3 amide bonds. The SMILES string of the molecule is N#Cc1cccc(/C=C/CN2C(=O)C3CC=CC(NC(=O)c4ccc(Cl)s4)C3C2=O)c1. The van der Waals surface area contributed by atoms with Gasteiger partial charge in [-0.25, -0.2) is 0 Å². The van der Waals surface area contributed by atoms with Gasteiger partial charge in [0.1, 0.15) is 0 Å². The number of nitrogens with zero attached hydrogens (tertiary/aromatic N) is 2. The molecule has 1 fully saturated rings. The topological polar surface area (TPSA) is 90.3 Å². The van der Waals surface area contributed by atoms with Crippen molar-refractivity contribution in [2.75, 3.05) is 6.54 Å². The zero-order valence-corrected chi connectivity index (χ0v) is 17.9. The largest absolute Gasteiger partial charge is 0.344 e. The highest BCUT2D eigenvalue weighted by atomic mass is 35.5. The number of hydrogen-bond acceptors (Lipinski definition) is 5. The number of amides is 3. The quantitative estimate of drug-likeness (QED) is 0.555. The lowest BCUT2D eigenvalue weighted by Gasteiger charge is -2.26. The first-order valence-corrected chi connectivity index (χ1v) is 10.9. The minimum atomic E-state index is -0.618. The van der Waals surface area contributed by atoms with E-state index in [1.54, 1.807) is 48.6 Å². The Balaban J connectivity index is 1.46. The van der Waals surface area contributed by atoms with Crippen molar-refractivity contribution in [2.45, 2.75) is 12.5 Å². The van der Waals surface area contributed by atoms with E-state index in [2.05, 4.69) is 11.4 Å². The van der Waals surface area contributed by atoms with E-state index in [4.69, 9.17) is 16.9 Å². The summed E-state index contributed by atoms with van der Waals surface area (Å²) >= 11 is 7.07. The molecule has 3 unspecified atom stereocenters. The van der Waals surface area contributed by atoms with E-state index in [0.29, 0.717) is 21.2 Å². The number of nitriles is 1. The molecule has 2 aliphatic rings. The van der Waals surface area contributed by atoms with Gasteiger partial charge in [-0.2, -0.15) is 5.26 Å². The van der Waals surface area contributed by atoms with Crippen molar-refractivity contribution in [3.8, 4) is 6.07 Å². The second-order valence-corrected chi connectivity index (χ2v) is 9.04. The number of halogens is 1. The molecule has 31 heavy (non-hydrogen) atoms. The number of rotatable bonds is 5. The van der Waals surface area contributed by atoms with Crippen molar-refractivity contribution >= 4 is 46.7 Å². The minimum absolute atomic E-state index is 0.142. The van der Waals surface area contributed by atoms with Crippen LogP contribution in [0.2, 0.25) is 4.34 Å². The second kappa shape index (κ2) is 8.88. The van der Waals surface area contributed by atoms with Gasteiger partial charge < -0.3 is 5.32 Å². The van der Waals surface area contributed by atoms with E-state index >= 15 is 0 Å². The van der Waals surface area contributed by atoms with Crippen LogP contribution in [0.1, 0.15) is 27.2 Å². The van der Waals surface area contributed by atoms with Gasteiger partial charge in [-0.05, 0) is 36.2 Å². The van der Waals surface area contributed by atoms with Crippen LogP contribution in [0.25, 0.3) is 6.08 Å². The van der Waals surface area contributed by atoms with E-state index in [9.17, 15) is 14.4 Å². The van der Waals surface area contributed by atoms with Crippen LogP contribution in [-0.2, 0) is 9.59 Å². The minimum Gasteiger partial charge on any atom is -0.344 e. The molecule has 0 radical (unpaired) electrons. The predicted octanol–water partition coefficient (Wildman–Crippen LogP) is 3.65. The van der Waals surface area contributed by atoms with Gasteiger partial charge in [0.2, 0.25) is 11.8 Å². The van der Waals surface area contributed by atoms with Crippen LogP contribution in [0.3, 0.4) is 0 Å². The Morgan fingerprint density at radius 2 is 2.13 bits per heavy atom. The number of carbonyl (C=O) groups is 3.